The number of hydrogen-bond acceptors (Lipinski definition) is 1. The number of rotatable bonds is 3. The molecule has 1 N–H and O–H groups in total. The second kappa shape index (κ2) is 5.07. The van der Waals surface area contributed by atoms with Crippen LogP contribution in [0.1, 0.15) is 12.0 Å². The maximum Gasteiger partial charge on any atom is 0.128 e. The minimum absolute atomic E-state index is 0.373. The number of alkyl halides is 1. The predicted molar refractivity (Wildman–Crippen MR) is 62.9 cm³/mol. The fourth-order valence-corrected chi connectivity index (χ4v) is 1.84. The lowest BCUT2D eigenvalue weighted by atomic mass is 10.1. The van der Waals surface area contributed by atoms with Gasteiger partial charge in [-0.3, -0.25) is 0 Å². The third-order valence-electron chi connectivity index (χ3n) is 1.61. The molecule has 0 bridgehead atoms. The Hall–Kier alpha value is 0.230. The summed E-state index contributed by atoms with van der Waals surface area (Å²) in [4.78, 5) is 0. The Morgan fingerprint density at radius 3 is 2.75 bits per heavy atom. The van der Waals surface area contributed by atoms with E-state index in [1.807, 2.05) is 12.1 Å². The Balaban J connectivity index is 2.69. The molecule has 0 saturated heterocycles. The van der Waals surface area contributed by atoms with Gasteiger partial charge in [0.1, 0.15) is 5.75 Å². The van der Waals surface area contributed by atoms with Crippen LogP contribution in [0.5, 0.6) is 5.75 Å². The van der Waals surface area contributed by atoms with Crippen LogP contribution in [0.25, 0.3) is 0 Å². The van der Waals surface area contributed by atoms with E-state index in [1.54, 1.807) is 6.07 Å². The molecular weight excluding hydrogens is 331 g/mol. The van der Waals surface area contributed by atoms with Crippen LogP contribution in [0.2, 0.25) is 0 Å². The summed E-state index contributed by atoms with van der Waals surface area (Å²) >= 11 is 5.53. The van der Waals surface area contributed by atoms with Crippen molar-refractivity contribution in [2.75, 3.05) is 5.33 Å². The second-order valence-corrected chi connectivity index (χ2v) is 4.53. The van der Waals surface area contributed by atoms with Crippen molar-refractivity contribution in [2.45, 2.75) is 12.8 Å². The molecule has 12 heavy (non-hydrogen) atoms. The number of phenols is 1. The molecule has 0 fully saturated rings. The highest BCUT2D eigenvalue weighted by Gasteiger charge is 1.98. The van der Waals surface area contributed by atoms with E-state index in [1.165, 1.54) is 5.56 Å². The van der Waals surface area contributed by atoms with Crippen molar-refractivity contribution in [3.8, 4) is 5.75 Å². The second-order valence-electron chi connectivity index (χ2n) is 2.58. The van der Waals surface area contributed by atoms with E-state index >= 15 is 0 Å². The van der Waals surface area contributed by atoms with Crippen LogP contribution in [0.4, 0.5) is 0 Å². The van der Waals surface area contributed by atoms with Crippen LogP contribution in [-0.2, 0) is 6.42 Å². The SMILES string of the molecule is Oc1ccc(CCCBr)cc1I. The van der Waals surface area contributed by atoms with Gasteiger partial charge in [-0.15, -0.1) is 0 Å². The zero-order valence-corrected chi connectivity index (χ0v) is 10.3. The number of aromatic hydroxyl groups is 1. The van der Waals surface area contributed by atoms with Crippen molar-refractivity contribution < 1.29 is 5.11 Å². The number of aryl methyl sites for hydroxylation is 1. The summed E-state index contributed by atoms with van der Waals surface area (Å²) in [5.41, 5.74) is 1.29. The van der Waals surface area contributed by atoms with Gasteiger partial charge in [0.25, 0.3) is 0 Å². The van der Waals surface area contributed by atoms with Gasteiger partial charge in [-0.05, 0) is 53.1 Å². The first-order chi connectivity index (χ1) is 5.74. The zero-order chi connectivity index (χ0) is 8.97. The van der Waals surface area contributed by atoms with Gasteiger partial charge in [-0.25, -0.2) is 0 Å². The summed E-state index contributed by atoms with van der Waals surface area (Å²) in [6.07, 6.45) is 2.21. The zero-order valence-electron chi connectivity index (χ0n) is 6.56. The molecule has 0 spiro atoms. The van der Waals surface area contributed by atoms with E-state index in [4.69, 9.17) is 0 Å². The van der Waals surface area contributed by atoms with Gasteiger partial charge in [-0.1, -0.05) is 22.0 Å². The molecule has 3 heteroatoms. The number of phenolic OH excluding ortho intramolecular Hbond substituents is 1. The molecule has 0 atom stereocenters. The Kier molecular flexibility index (Phi) is 4.35. The van der Waals surface area contributed by atoms with E-state index in [-0.39, 0.29) is 0 Å². The molecule has 0 aliphatic heterocycles. The smallest absolute Gasteiger partial charge is 0.128 e. The fraction of sp³-hybridized carbons (Fsp3) is 0.333. The summed E-state index contributed by atoms with van der Waals surface area (Å²) in [5, 5.41) is 10.3. The molecule has 0 saturated carbocycles. The Morgan fingerprint density at radius 2 is 2.17 bits per heavy atom. The van der Waals surface area contributed by atoms with Gasteiger partial charge in [0.2, 0.25) is 0 Å². The molecule has 0 radical (unpaired) electrons. The molecule has 1 rings (SSSR count). The molecule has 1 nitrogen and oxygen atoms in total. The highest BCUT2D eigenvalue weighted by Crippen LogP contribution is 2.20. The largest absolute Gasteiger partial charge is 0.507 e. The third kappa shape index (κ3) is 2.94. The average molecular weight is 341 g/mol. The molecule has 1 aromatic rings. The van der Waals surface area contributed by atoms with Gasteiger partial charge < -0.3 is 5.11 Å². The Bertz CT molecular complexity index is 263. The molecule has 0 heterocycles. The third-order valence-corrected chi connectivity index (χ3v) is 3.04. The van der Waals surface area contributed by atoms with E-state index < -0.39 is 0 Å². The van der Waals surface area contributed by atoms with Crippen molar-refractivity contribution in [3.05, 3.63) is 27.3 Å². The van der Waals surface area contributed by atoms with Gasteiger partial charge in [0.15, 0.2) is 0 Å². The standard InChI is InChI=1S/C9H10BrIO/c10-5-1-2-7-3-4-9(12)8(11)6-7/h3-4,6,12H,1-2,5H2. The molecule has 0 amide bonds. The summed E-state index contributed by atoms with van der Waals surface area (Å²) in [5.74, 6) is 0.373. The highest BCUT2D eigenvalue weighted by molar-refractivity contribution is 14.1. The van der Waals surface area contributed by atoms with E-state index in [0.717, 1.165) is 21.7 Å². The van der Waals surface area contributed by atoms with Crippen LogP contribution < -0.4 is 0 Å². The molecule has 0 aliphatic carbocycles. The molecule has 1 aromatic carbocycles. The molecule has 0 unspecified atom stereocenters. The quantitative estimate of drug-likeness (QED) is 0.661. The molecule has 0 aliphatic rings. The maximum absolute atomic E-state index is 9.25. The summed E-state index contributed by atoms with van der Waals surface area (Å²) in [6.45, 7) is 0. The van der Waals surface area contributed by atoms with Gasteiger partial charge in [-0.2, -0.15) is 0 Å². The van der Waals surface area contributed by atoms with Crippen LogP contribution in [0.15, 0.2) is 18.2 Å². The van der Waals surface area contributed by atoms with Gasteiger partial charge in [0, 0.05) is 5.33 Å². The van der Waals surface area contributed by atoms with E-state index in [2.05, 4.69) is 38.5 Å². The van der Waals surface area contributed by atoms with Gasteiger partial charge >= 0.3 is 0 Å². The summed E-state index contributed by atoms with van der Waals surface area (Å²) < 4.78 is 0.930. The molecule has 66 valence electrons. The summed E-state index contributed by atoms with van der Waals surface area (Å²) in [7, 11) is 0. The number of benzene rings is 1. The van der Waals surface area contributed by atoms with Crippen molar-refractivity contribution >= 4 is 38.5 Å². The van der Waals surface area contributed by atoms with Crippen molar-refractivity contribution in [1.82, 2.24) is 0 Å². The topological polar surface area (TPSA) is 20.2 Å². The highest BCUT2D eigenvalue weighted by atomic mass is 127. The minimum Gasteiger partial charge on any atom is -0.507 e. The fourth-order valence-electron chi connectivity index (χ4n) is 0.977. The van der Waals surface area contributed by atoms with Gasteiger partial charge in [0.05, 0.1) is 3.57 Å². The average Bonchev–Trinajstić information content (AvgIpc) is 2.07. The van der Waals surface area contributed by atoms with E-state index in [9.17, 15) is 5.11 Å². The van der Waals surface area contributed by atoms with Crippen LogP contribution in [0, 0.1) is 3.57 Å². The number of hydrogen-bond donors (Lipinski definition) is 1. The maximum atomic E-state index is 9.25. The van der Waals surface area contributed by atoms with Crippen LogP contribution in [-0.4, -0.2) is 10.4 Å². The van der Waals surface area contributed by atoms with Crippen molar-refractivity contribution in [3.63, 3.8) is 0 Å². The predicted octanol–water partition coefficient (Wildman–Crippen LogP) is 3.32. The summed E-state index contributed by atoms with van der Waals surface area (Å²) in [6, 6.07) is 5.75. The van der Waals surface area contributed by atoms with Crippen molar-refractivity contribution in [2.24, 2.45) is 0 Å². The monoisotopic (exact) mass is 340 g/mol. The normalized spacial score (nSPS) is 10.2. The van der Waals surface area contributed by atoms with Crippen LogP contribution in [0.3, 0.4) is 0 Å². The first-order valence-corrected chi connectivity index (χ1v) is 5.97. The first kappa shape index (κ1) is 10.3. The molecule has 0 aromatic heterocycles. The Labute approximate surface area is 94.4 Å². The lowest BCUT2D eigenvalue weighted by Gasteiger charge is -2.01. The molecular formula is C9H10BrIO. The lowest BCUT2D eigenvalue weighted by Crippen LogP contribution is -1.86. The van der Waals surface area contributed by atoms with E-state index in [0.29, 0.717) is 5.75 Å². The Morgan fingerprint density at radius 1 is 1.42 bits per heavy atom. The number of halogens is 2. The van der Waals surface area contributed by atoms with Crippen LogP contribution >= 0.6 is 38.5 Å². The first-order valence-electron chi connectivity index (χ1n) is 3.77. The van der Waals surface area contributed by atoms with Crippen molar-refractivity contribution in [1.29, 1.82) is 0 Å². The minimum atomic E-state index is 0.373. The lowest BCUT2D eigenvalue weighted by molar-refractivity contribution is 0.471.